The number of thioether (sulfide) groups is 1. The average Bonchev–Trinajstić information content (AvgIpc) is 2.75. The minimum Gasteiger partial charge on any atom is -0.352 e. The number of H-pyrrole nitrogens is 1. The summed E-state index contributed by atoms with van der Waals surface area (Å²) >= 11 is 1.30. The first-order valence-electron chi connectivity index (χ1n) is 7.48. The van der Waals surface area contributed by atoms with Gasteiger partial charge in [0.05, 0.1) is 5.25 Å². The lowest BCUT2D eigenvalue weighted by atomic mass is 9.78. The van der Waals surface area contributed by atoms with Crippen molar-refractivity contribution in [3.8, 4) is 0 Å². The molecule has 1 saturated carbocycles. The fourth-order valence-electron chi connectivity index (χ4n) is 2.74. The van der Waals surface area contributed by atoms with Gasteiger partial charge in [0.1, 0.15) is 0 Å². The van der Waals surface area contributed by atoms with Gasteiger partial charge < -0.3 is 5.32 Å². The lowest BCUT2D eigenvalue weighted by molar-refractivity contribution is -0.121. The molecule has 1 aliphatic rings. The maximum absolute atomic E-state index is 12.3. The summed E-state index contributed by atoms with van der Waals surface area (Å²) in [6.07, 6.45) is 3.47. The average molecular weight is 312 g/mol. The summed E-state index contributed by atoms with van der Waals surface area (Å²) in [4.78, 5) is 23.6. The van der Waals surface area contributed by atoms with E-state index in [0.29, 0.717) is 17.0 Å². The lowest BCUT2D eigenvalue weighted by Crippen LogP contribution is -2.46. The standard InChI is InChI=1S/C14H24N4O2S/c1-8-6-5-7-11(9(8)2)15-12(19)10(3)21-14-17-16-13(20)18(14)4/h8-11H,5-7H2,1-4H3,(H,15,19)(H,16,20)/t8-,9+,10-,11+/m0/s1. The Morgan fingerprint density at radius 3 is 2.81 bits per heavy atom. The van der Waals surface area contributed by atoms with Crippen LogP contribution in [0.25, 0.3) is 0 Å². The Labute approximate surface area is 129 Å². The van der Waals surface area contributed by atoms with Crippen LogP contribution < -0.4 is 11.0 Å². The van der Waals surface area contributed by atoms with Crippen molar-refractivity contribution in [2.24, 2.45) is 18.9 Å². The van der Waals surface area contributed by atoms with E-state index in [-0.39, 0.29) is 22.9 Å². The smallest absolute Gasteiger partial charge is 0.343 e. The molecule has 0 radical (unpaired) electrons. The van der Waals surface area contributed by atoms with Crippen molar-refractivity contribution in [2.45, 2.75) is 56.5 Å². The van der Waals surface area contributed by atoms with Crippen LogP contribution in [0.15, 0.2) is 9.95 Å². The topological polar surface area (TPSA) is 79.8 Å². The Morgan fingerprint density at radius 1 is 1.48 bits per heavy atom. The van der Waals surface area contributed by atoms with Crippen LogP contribution >= 0.6 is 11.8 Å². The third-order valence-corrected chi connectivity index (χ3v) is 5.67. The van der Waals surface area contributed by atoms with Crippen LogP contribution in [0.3, 0.4) is 0 Å². The summed E-state index contributed by atoms with van der Waals surface area (Å²) < 4.78 is 1.42. The van der Waals surface area contributed by atoms with E-state index < -0.39 is 0 Å². The molecule has 118 valence electrons. The monoisotopic (exact) mass is 312 g/mol. The molecule has 21 heavy (non-hydrogen) atoms. The molecule has 0 bridgehead atoms. The van der Waals surface area contributed by atoms with Gasteiger partial charge in [0, 0.05) is 13.1 Å². The molecule has 7 heteroatoms. The van der Waals surface area contributed by atoms with E-state index in [9.17, 15) is 9.59 Å². The Morgan fingerprint density at radius 2 is 2.19 bits per heavy atom. The minimum atomic E-state index is -0.275. The summed E-state index contributed by atoms with van der Waals surface area (Å²) in [5, 5.41) is 9.72. The van der Waals surface area contributed by atoms with Crippen molar-refractivity contribution >= 4 is 17.7 Å². The van der Waals surface area contributed by atoms with Crippen LogP contribution in [0.1, 0.15) is 40.0 Å². The predicted octanol–water partition coefficient (Wildman–Crippen LogP) is 1.53. The molecule has 6 nitrogen and oxygen atoms in total. The molecule has 1 fully saturated rings. The zero-order valence-corrected chi connectivity index (χ0v) is 13.9. The second kappa shape index (κ2) is 6.68. The molecule has 1 heterocycles. The number of carbonyl (C=O) groups is 1. The van der Waals surface area contributed by atoms with E-state index >= 15 is 0 Å². The van der Waals surface area contributed by atoms with Crippen LogP contribution in [-0.2, 0) is 11.8 Å². The van der Waals surface area contributed by atoms with Crippen LogP contribution in [0, 0.1) is 11.8 Å². The molecule has 1 aliphatic carbocycles. The summed E-state index contributed by atoms with van der Waals surface area (Å²) in [5.41, 5.74) is -0.264. The maximum Gasteiger partial charge on any atom is 0.343 e. The second-order valence-electron chi connectivity index (χ2n) is 6.01. The van der Waals surface area contributed by atoms with Gasteiger partial charge in [-0.05, 0) is 25.2 Å². The van der Waals surface area contributed by atoms with Gasteiger partial charge >= 0.3 is 5.69 Å². The molecule has 0 saturated heterocycles. The van der Waals surface area contributed by atoms with Crippen molar-refractivity contribution < 1.29 is 4.79 Å². The van der Waals surface area contributed by atoms with E-state index in [1.54, 1.807) is 7.05 Å². The highest BCUT2D eigenvalue weighted by Crippen LogP contribution is 2.30. The van der Waals surface area contributed by atoms with E-state index in [2.05, 4.69) is 29.4 Å². The zero-order chi connectivity index (χ0) is 15.6. The van der Waals surface area contributed by atoms with Crippen molar-refractivity contribution in [3.63, 3.8) is 0 Å². The molecular formula is C14H24N4O2S. The number of aromatic amines is 1. The summed E-state index contributed by atoms with van der Waals surface area (Å²) in [7, 11) is 1.64. The number of nitrogens with zero attached hydrogens (tertiary/aromatic N) is 2. The Bertz CT molecular complexity index is 553. The molecule has 0 spiro atoms. The number of hydrogen-bond donors (Lipinski definition) is 2. The van der Waals surface area contributed by atoms with E-state index in [1.807, 2.05) is 6.92 Å². The number of rotatable bonds is 4. The molecule has 1 aromatic rings. The molecule has 0 aliphatic heterocycles. The Hall–Kier alpha value is -1.24. The van der Waals surface area contributed by atoms with Crippen LogP contribution in [0.5, 0.6) is 0 Å². The first-order chi connectivity index (χ1) is 9.90. The largest absolute Gasteiger partial charge is 0.352 e. The number of amides is 1. The first kappa shape index (κ1) is 16.1. The fourth-order valence-corrected chi connectivity index (χ4v) is 3.57. The van der Waals surface area contributed by atoms with Crippen LogP contribution in [0.2, 0.25) is 0 Å². The second-order valence-corrected chi connectivity index (χ2v) is 7.32. The summed E-state index contributed by atoms with van der Waals surface area (Å²) in [6.45, 7) is 6.31. The molecule has 0 unspecified atom stereocenters. The third kappa shape index (κ3) is 3.70. The van der Waals surface area contributed by atoms with Crippen LogP contribution in [0.4, 0.5) is 0 Å². The van der Waals surface area contributed by atoms with Gasteiger partial charge in [-0.2, -0.15) is 0 Å². The van der Waals surface area contributed by atoms with Crippen molar-refractivity contribution in [1.82, 2.24) is 20.1 Å². The molecule has 2 N–H and O–H groups in total. The van der Waals surface area contributed by atoms with E-state index in [4.69, 9.17) is 0 Å². The van der Waals surface area contributed by atoms with Gasteiger partial charge in [0.25, 0.3) is 0 Å². The Balaban J connectivity index is 1.93. The Kier molecular flexibility index (Phi) is 5.13. The highest BCUT2D eigenvalue weighted by Gasteiger charge is 2.29. The fraction of sp³-hybridized carbons (Fsp3) is 0.786. The molecule has 4 atom stereocenters. The SMILES string of the molecule is C[C@@H]1[C@@H](C)CCC[C@H]1NC(=O)[C@H](C)Sc1n[nH]c(=O)n1C. The van der Waals surface area contributed by atoms with Gasteiger partial charge in [-0.15, -0.1) is 5.10 Å². The summed E-state index contributed by atoms with van der Waals surface area (Å²) in [6, 6.07) is 0.257. The van der Waals surface area contributed by atoms with E-state index in [1.165, 1.54) is 29.2 Å². The number of carbonyl (C=O) groups excluding carboxylic acids is 1. The lowest BCUT2D eigenvalue weighted by Gasteiger charge is -2.35. The van der Waals surface area contributed by atoms with Crippen molar-refractivity contribution in [2.75, 3.05) is 0 Å². The number of hydrogen-bond acceptors (Lipinski definition) is 4. The maximum atomic E-state index is 12.3. The van der Waals surface area contributed by atoms with Crippen LogP contribution in [-0.4, -0.2) is 32.0 Å². The quantitative estimate of drug-likeness (QED) is 0.826. The van der Waals surface area contributed by atoms with Gasteiger partial charge in [-0.3, -0.25) is 9.36 Å². The minimum absolute atomic E-state index is 0.0152. The van der Waals surface area contributed by atoms with Gasteiger partial charge in [0.15, 0.2) is 5.16 Å². The highest BCUT2D eigenvalue weighted by atomic mass is 32.2. The zero-order valence-electron chi connectivity index (χ0n) is 13.0. The summed E-state index contributed by atoms with van der Waals surface area (Å²) in [5.74, 6) is 1.18. The van der Waals surface area contributed by atoms with E-state index in [0.717, 1.165) is 6.42 Å². The molecule has 0 aromatic carbocycles. The predicted molar refractivity (Wildman–Crippen MR) is 83.3 cm³/mol. The van der Waals surface area contributed by atoms with Crippen molar-refractivity contribution in [3.05, 3.63) is 10.5 Å². The van der Waals surface area contributed by atoms with Crippen molar-refractivity contribution in [1.29, 1.82) is 0 Å². The van der Waals surface area contributed by atoms with Gasteiger partial charge in [0.2, 0.25) is 5.91 Å². The molecular weight excluding hydrogens is 288 g/mol. The van der Waals surface area contributed by atoms with Gasteiger partial charge in [-0.1, -0.05) is 38.5 Å². The normalized spacial score (nSPS) is 27.3. The molecule has 1 amide bonds. The third-order valence-electron chi connectivity index (χ3n) is 4.52. The first-order valence-corrected chi connectivity index (χ1v) is 8.36. The van der Waals surface area contributed by atoms with Gasteiger partial charge in [-0.25, -0.2) is 9.89 Å². The molecule has 1 aromatic heterocycles. The highest BCUT2D eigenvalue weighted by molar-refractivity contribution is 8.00. The molecule has 2 rings (SSSR count). The number of nitrogens with one attached hydrogen (secondary N) is 2. The number of aromatic nitrogens is 3.